The number of nitrogens with two attached hydrogens (primary N) is 1. The van der Waals surface area contributed by atoms with E-state index in [0.29, 0.717) is 0 Å². The minimum atomic E-state index is -2.43. The van der Waals surface area contributed by atoms with Crippen molar-refractivity contribution in [1.82, 2.24) is 0 Å². The van der Waals surface area contributed by atoms with Gasteiger partial charge in [-0.05, 0) is 24.3 Å². The normalized spacial score (nSPS) is 11.8. The van der Waals surface area contributed by atoms with E-state index >= 15 is 0 Å². The van der Waals surface area contributed by atoms with Gasteiger partial charge in [0.25, 0.3) is 0 Å². The molecule has 80 valence electrons. The molecular weight excluding hydrogens is 205 g/mol. The molecule has 3 N–H and O–H groups in total. The van der Waals surface area contributed by atoms with E-state index in [9.17, 15) is 14.0 Å². The van der Waals surface area contributed by atoms with Crippen molar-refractivity contribution in [3.63, 3.8) is 0 Å². The minimum absolute atomic E-state index is 0.00917. The first-order chi connectivity index (χ1) is 7.00. The van der Waals surface area contributed by atoms with Crippen LogP contribution in [0.4, 0.5) is 4.39 Å². The van der Waals surface area contributed by atoms with Crippen LogP contribution in [-0.2, 0) is 4.79 Å². The maximum absolute atomic E-state index is 12.6. The fraction of sp³-hybridized carbons (Fsp3) is 0.111. The molecule has 1 atom stereocenters. The van der Waals surface area contributed by atoms with Crippen LogP contribution in [0.25, 0.3) is 0 Å². The van der Waals surface area contributed by atoms with Gasteiger partial charge in [0.15, 0.2) is 0 Å². The molecule has 0 bridgehead atoms. The predicted molar refractivity (Wildman–Crippen MR) is 48.1 cm³/mol. The van der Waals surface area contributed by atoms with E-state index in [-0.39, 0.29) is 11.3 Å². The minimum Gasteiger partial charge on any atom is -0.476 e. The highest BCUT2D eigenvalue weighted by Crippen LogP contribution is 2.14. The van der Waals surface area contributed by atoms with Crippen molar-refractivity contribution >= 4 is 11.9 Å². The van der Waals surface area contributed by atoms with Gasteiger partial charge in [0.2, 0.25) is 5.91 Å². The van der Waals surface area contributed by atoms with Crippen LogP contribution in [-0.4, -0.2) is 23.3 Å². The van der Waals surface area contributed by atoms with E-state index in [1.54, 1.807) is 0 Å². The lowest BCUT2D eigenvalue weighted by atomic mass is 10.2. The summed E-state index contributed by atoms with van der Waals surface area (Å²) >= 11 is 0. The molecule has 0 saturated carbocycles. The Morgan fingerprint density at radius 2 is 1.87 bits per heavy atom. The summed E-state index contributed by atoms with van der Waals surface area (Å²) in [5.74, 6) is -2.33. The first-order valence-corrected chi connectivity index (χ1v) is 3.94. The molecule has 0 aliphatic carbocycles. The average Bonchev–Trinajstić information content (AvgIpc) is 2.18. The molecule has 0 aromatic heterocycles. The summed E-state index contributed by atoms with van der Waals surface area (Å²) in [4.78, 5) is 20.8. The first kappa shape index (κ1) is 11.0. The number of primary amides is 1. The number of benzene rings is 1. The molecule has 0 heterocycles. The highest BCUT2D eigenvalue weighted by atomic mass is 19.1. The molecule has 0 spiro atoms. The number of carbonyl (C=O) groups is 2. The van der Waals surface area contributed by atoms with E-state index in [4.69, 9.17) is 10.8 Å². The molecule has 0 saturated heterocycles. The van der Waals surface area contributed by atoms with Gasteiger partial charge >= 0.3 is 12.3 Å². The lowest BCUT2D eigenvalue weighted by molar-refractivity contribution is -0.153. The van der Waals surface area contributed by atoms with Crippen molar-refractivity contribution in [2.24, 2.45) is 5.73 Å². The number of amides is 1. The molecule has 6 heteroatoms. The summed E-state index contributed by atoms with van der Waals surface area (Å²) in [6.45, 7) is 0. The van der Waals surface area contributed by atoms with Gasteiger partial charge in [0.05, 0.1) is 0 Å². The van der Waals surface area contributed by atoms with E-state index < -0.39 is 18.2 Å². The van der Waals surface area contributed by atoms with Crippen molar-refractivity contribution in [3.05, 3.63) is 29.8 Å². The fourth-order valence-corrected chi connectivity index (χ4v) is 0.868. The number of carbonyl (C=O) groups excluding carboxylic acids is 1. The maximum Gasteiger partial charge on any atom is 0.378 e. The van der Waals surface area contributed by atoms with Crippen LogP contribution in [0, 0.1) is 0 Å². The molecule has 15 heavy (non-hydrogen) atoms. The summed E-state index contributed by atoms with van der Waals surface area (Å²) in [5, 5.41) is 8.21. The third kappa shape index (κ3) is 2.94. The van der Waals surface area contributed by atoms with Crippen molar-refractivity contribution in [3.8, 4) is 5.75 Å². The van der Waals surface area contributed by atoms with E-state index in [2.05, 4.69) is 4.74 Å². The second-order valence-electron chi connectivity index (χ2n) is 2.66. The lowest BCUT2D eigenvalue weighted by Gasteiger charge is -2.06. The van der Waals surface area contributed by atoms with Crippen molar-refractivity contribution in [2.75, 3.05) is 0 Å². The second-order valence-corrected chi connectivity index (χ2v) is 2.66. The fourth-order valence-electron chi connectivity index (χ4n) is 0.868. The Bertz CT molecular complexity index is 376. The van der Waals surface area contributed by atoms with Crippen LogP contribution in [0.2, 0.25) is 0 Å². The number of hydrogen-bond acceptors (Lipinski definition) is 3. The average molecular weight is 213 g/mol. The van der Waals surface area contributed by atoms with Gasteiger partial charge in [-0.3, -0.25) is 4.79 Å². The Morgan fingerprint density at radius 3 is 2.27 bits per heavy atom. The van der Waals surface area contributed by atoms with Gasteiger partial charge in [-0.2, -0.15) is 4.39 Å². The molecule has 0 aliphatic rings. The summed E-state index contributed by atoms with van der Waals surface area (Å²) in [6, 6.07) is 5.14. The molecule has 5 nitrogen and oxygen atoms in total. The Morgan fingerprint density at radius 1 is 1.33 bits per heavy atom. The number of ether oxygens (including phenoxy) is 1. The van der Waals surface area contributed by atoms with Gasteiger partial charge in [-0.25, -0.2) is 4.79 Å². The van der Waals surface area contributed by atoms with Gasteiger partial charge in [0, 0.05) is 5.56 Å². The number of alkyl halides is 1. The molecule has 1 aromatic carbocycles. The Balaban J connectivity index is 2.72. The monoisotopic (exact) mass is 213 g/mol. The maximum atomic E-state index is 12.6. The summed E-state index contributed by atoms with van der Waals surface area (Å²) in [5.41, 5.74) is 5.20. The third-order valence-corrected chi connectivity index (χ3v) is 1.57. The second kappa shape index (κ2) is 4.41. The van der Waals surface area contributed by atoms with Crippen LogP contribution in [0.15, 0.2) is 24.3 Å². The first-order valence-electron chi connectivity index (χ1n) is 3.94. The largest absolute Gasteiger partial charge is 0.476 e. The van der Waals surface area contributed by atoms with E-state index in [1.807, 2.05) is 0 Å². The van der Waals surface area contributed by atoms with Gasteiger partial charge in [-0.1, -0.05) is 0 Å². The van der Waals surface area contributed by atoms with Crippen LogP contribution in [0.5, 0.6) is 5.75 Å². The quantitative estimate of drug-likeness (QED) is 0.763. The zero-order valence-electron chi connectivity index (χ0n) is 7.51. The summed E-state index contributed by atoms with van der Waals surface area (Å²) in [6.07, 6.45) is -2.43. The number of aliphatic carboxylic acids is 1. The Kier molecular flexibility index (Phi) is 3.22. The lowest BCUT2D eigenvalue weighted by Crippen LogP contribution is -2.21. The van der Waals surface area contributed by atoms with Crippen molar-refractivity contribution in [2.45, 2.75) is 6.36 Å². The predicted octanol–water partition coefficient (Wildman–Crippen LogP) is 0.545. The number of carboxylic acids is 1. The molecular formula is C9H8FNO4. The van der Waals surface area contributed by atoms with Gasteiger partial charge in [-0.15, -0.1) is 0 Å². The van der Waals surface area contributed by atoms with Crippen LogP contribution < -0.4 is 10.5 Å². The molecule has 0 radical (unpaired) electrons. The van der Waals surface area contributed by atoms with Crippen LogP contribution in [0.3, 0.4) is 0 Å². The van der Waals surface area contributed by atoms with Crippen LogP contribution >= 0.6 is 0 Å². The number of hydrogen-bond donors (Lipinski definition) is 2. The Labute approximate surface area is 84.3 Å². The molecule has 1 rings (SSSR count). The smallest absolute Gasteiger partial charge is 0.378 e. The Hall–Kier alpha value is -2.11. The summed E-state index contributed by atoms with van der Waals surface area (Å²) in [7, 11) is 0. The number of carboxylic acid groups (broad SMARTS) is 1. The number of rotatable bonds is 4. The van der Waals surface area contributed by atoms with Crippen LogP contribution in [0.1, 0.15) is 10.4 Å². The summed E-state index contributed by atoms with van der Waals surface area (Å²) < 4.78 is 16.9. The molecule has 1 amide bonds. The standard InChI is InChI=1S/C9H8FNO4/c10-7(9(13)14)15-6-3-1-5(2-4-6)8(11)12/h1-4,7H,(H2,11,12)(H,13,14). The molecule has 0 aliphatic heterocycles. The zero-order valence-corrected chi connectivity index (χ0v) is 7.51. The van der Waals surface area contributed by atoms with Crippen molar-refractivity contribution in [1.29, 1.82) is 0 Å². The molecule has 1 unspecified atom stereocenters. The highest BCUT2D eigenvalue weighted by molar-refractivity contribution is 5.92. The topological polar surface area (TPSA) is 89.6 Å². The zero-order chi connectivity index (χ0) is 11.4. The highest BCUT2D eigenvalue weighted by Gasteiger charge is 2.16. The third-order valence-electron chi connectivity index (χ3n) is 1.57. The van der Waals surface area contributed by atoms with Gasteiger partial charge in [0.1, 0.15) is 5.75 Å². The van der Waals surface area contributed by atoms with Gasteiger partial charge < -0.3 is 15.6 Å². The SMILES string of the molecule is NC(=O)c1ccc(OC(F)C(=O)O)cc1. The van der Waals surface area contributed by atoms with Crippen molar-refractivity contribution < 1.29 is 23.8 Å². The van der Waals surface area contributed by atoms with E-state index in [0.717, 1.165) is 0 Å². The molecule has 1 aromatic rings. The van der Waals surface area contributed by atoms with E-state index in [1.165, 1.54) is 24.3 Å². The number of halogens is 1. The molecule has 0 fully saturated rings.